The molecule has 0 spiro atoms. The Morgan fingerprint density at radius 2 is 1.81 bits per heavy atom. The highest BCUT2D eigenvalue weighted by Gasteiger charge is 2.30. The third-order valence-electron chi connectivity index (χ3n) is 4.36. The van der Waals surface area contributed by atoms with Crippen molar-refractivity contribution in [1.29, 1.82) is 0 Å². The van der Waals surface area contributed by atoms with Gasteiger partial charge in [0.1, 0.15) is 5.82 Å². The van der Waals surface area contributed by atoms with Crippen LogP contribution in [0.4, 0.5) is 10.1 Å². The summed E-state index contributed by atoms with van der Waals surface area (Å²) in [7, 11) is 0. The number of rotatable bonds is 3. The second-order valence-corrected chi connectivity index (χ2v) is 6.80. The van der Waals surface area contributed by atoms with Gasteiger partial charge in [-0.05, 0) is 68.4 Å². The van der Waals surface area contributed by atoms with E-state index in [9.17, 15) is 9.18 Å². The molecule has 0 saturated carbocycles. The standard InChI is InChI=1S/C20H20FN3OS/c1-11-4-5-12(2)16(10-11)18-17(13(3)22-20(26)24-18)19(25)23-15-8-6-14(21)7-9-15/h4-10,18H,1-3H3,(H,23,25)(H2,22,24,26). The highest BCUT2D eigenvalue weighted by Crippen LogP contribution is 2.30. The first-order valence-electron chi connectivity index (χ1n) is 8.27. The fraction of sp³-hybridized carbons (Fsp3) is 0.200. The highest BCUT2D eigenvalue weighted by molar-refractivity contribution is 7.80. The first-order valence-corrected chi connectivity index (χ1v) is 8.68. The van der Waals surface area contributed by atoms with Crippen molar-refractivity contribution in [2.75, 3.05) is 5.32 Å². The summed E-state index contributed by atoms with van der Waals surface area (Å²) in [6.45, 7) is 5.84. The third kappa shape index (κ3) is 3.75. The first kappa shape index (κ1) is 18.1. The molecule has 1 unspecified atom stereocenters. The van der Waals surface area contributed by atoms with E-state index in [1.807, 2.05) is 32.9 Å². The molecule has 2 aromatic rings. The summed E-state index contributed by atoms with van der Waals surface area (Å²) in [6, 6.07) is 11.4. The molecule has 1 atom stereocenters. The molecule has 0 aromatic heterocycles. The fourth-order valence-corrected chi connectivity index (χ4v) is 3.30. The Hall–Kier alpha value is -2.73. The summed E-state index contributed by atoms with van der Waals surface area (Å²) < 4.78 is 13.1. The van der Waals surface area contributed by atoms with Crippen LogP contribution in [-0.4, -0.2) is 11.0 Å². The predicted octanol–water partition coefficient (Wildman–Crippen LogP) is 3.87. The Morgan fingerprint density at radius 1 is 1.12 bits per heavy atom. The Morgan fingerprint density at radius 3 is 2.50 bits per heavy atom. The Balaban J connectivity index is 1.98. The van der Waals surface area contributed by atoms with Crippen LogP contribution in [-0.2, 0) is 4.79 Å². The molecule has 1 heterocycles. The SMILES string of the molecule is CC1=C(C(=O)Nc2ccc(F)cc2)C(c2cc(C)ccc2C)NC(=S)N1. The summed E-state index contributed by atoms with van der Waals surface area (Å²) in [5, 5.41) is 9.53. The number of thiocarbonyl (C=S) groups is 1. The molecule has 26 heavy (non-hydrogen) atoms. The summed E-state index contributed by atoms with van der Waals surface area (Å²) in [4.78, 5) is 13.0. The van der Waals surface area contributed by atoms with Crippen LogP contribution in [0.3, 0.4) is 0 Å². The Bertz CT molecular complexity index is 906. The molecule has 0 bridgehead atoms. The molecule has 1 aliphatic rings. The lowest BCUT2D eigenvalue weighted by atomic mass is 9.91. The number of aryl methyl sites for hydroxylation is 2. The molecular weight excluding hydrogens is 349 g/mol. The van der Waals surface area contributed by atoms with Gasteiger partial charge in [-0.3, -0.25) is 4.79 Å². The van der Waals surface area contributed by atoms with Crippen molar-refractivity contribution in [3.63, 3.8) is 0 Å². The van der Waals surface area contributed by atoms with Crippen LogP contribution in [0.15, 0.2) is 53.7 Å². The Labute approximate surface area is 157 Å². The van der Waals surface area contributed by atoms with Crippen LogP contribution in [0.25, 0.3) is 0 Å². The minimum atomic E-state index is -0.357. The number of anilines is 1. The van der Waals surface area contributed by atoms with Crippen molar-refractivity contribution in [2.45, 2.75) is 26.8 Å². The van der Waals surface area contributed by atoms with Gasteiger partial charge >= 0.3 is 0 Å². The number of benzene rings is 2. The maximum absolute atomic E-state index is 13.1. The van der Waals surface area contributed by atoms with Crippen molar-refractivity contribution < 1.29 is 9.18 Å². The summed E-state index contributed by atoms with van der Waals surface area (Å²) in [6.07, 6.45) is 0. The maximum Gasteiger partial charge on any atom is 0.255 e. The number of carbonyl (C=O) groups is 1. The summed E-state index contributed by atoms with van der Waals surface area (Å²) in [5.74, 6) is -0.611. The van der Waals surface area contributed by atoms with Crippen molar-refractivity contribution in [3.05, 3.63) is 76.2 Å². The van der Waals surface area contributed by atoms with E-state index < -0.39 is 0 Å². The number of nitrogens with one attached hydrogen (secondary N) is 3. The topological polar surface area (TPSA) is 53.2 Å². The van der Waals surface area contributed by atoms with Gasteiger partial charge in [0.2, 0.25) is 0 Å². The van der Waals surface area contributed by atoms with Crippen LogP contribution in [0.5, 0.6) is 0 Å². The lowest BCUT2D eigenvalue weighted by molar-refractivity contribution is -0.113. The molecule has 3 rings (SSSR count). The van der Waals surface area contributed by atoms with Crippen LogP contribution in [0.2, 0.25) is 0 Å². The predicted molar refractivity (Wildman–Crippen MR) is 105 cm³/mol. The van der Waals surface area contributed by atoms with E-state index in [4.69, 9.17) is 12.2 Å². The second-order valence-electron chi connectivity index (χ2n) is 6.39. The number of halogens is 1. The molecule has 4 nitrogen and oxygen atoms in total. The van der Waals surface area contributed by atoms with E-state index in [0.717, 1.165) is 16.7 Å². The molecule has 2 aromatic carbocycles. The van der Waals surface area contributed by atoms with Crippen molar-refractivity contribution >= 4 is 28.9 Å². The fourth-order valence-electron chi connectivity index (χ4n) is 3.03. The van der Waals surface area contributed by atoms with Crippen molar-refractivity contribution in [3.8, 4) is 0 Å². The molecule has 0 aliphatic carbocycles. The molecule has 6 heteroatoms. The Kier molecular flexibility index (Phi) is 5.04. The minimum absolute atomic E-state index is 0.262. The largest absolute Gasteiger partial charge is 0.351 e. The number of hydrogen-bond acceptors (Lipinski definition) is 2. The zero-order valence-electron chi connectivity index (χ0n) is 14.8. The minimum Gasteiger partial charge on any atom is -0.351 e. The monoisotopic (exact) mass is 369 g/mol. The van der Waals surface area contributed by atoms with E-state index in [1.165, 1.54) is 24.3 Å². The second kappa shape index (κ2) is 7.25. The van der Waals surface area contributed by atoms with E-state index in [0.29, 0.717) is 22.1 Å². The average Bonchev–Trinajstić information content (AvgIpc) is 2.58. The maximum atomic E-state index is 13.1. The van der Waals surface area contributed by atoms with Crippen LogP contribution in [0, 0.1) is 19.7 Å². The lowest BCUT2D eigenvalue weighted by Crippen LogP contribution is -2.46. The van der Waals surface area contributed by atoms with Crippen molar-refractivity contribution in [2.24, 2.45) is 0 Å². The third-order valence-corrected chi connectivity index (χ3v) is 4.58. The summed E-state index contributed by atoms with van der Waals surface area (Å²) >= 11 is 5.29. The van der Waals surface area contributed by atoms with Gasteiger partial charge in [-0.25, -0.2) is 4.39 Å². The van der Waals surface area contributed by atoms with Crippen LogP contribution in [0.1, 0.15) is 29.7 Å². The molecule has 1 aliphatic heterocycles. The number of amides is 1. The lowest BCUT2D eigenvalue weighted by Gasteiger charge is -2.31. The number of allylic oxidation sites excluding steroid dienone is 1. The van der Waals surface area contributed by atoms with E-state index in [2.05, 4.69) is 22.0 Å². The molecule has 3 N–H and O–H groups in total. The van der Waals surface area contributed by atoms with Gasteiger partial charge in [0.15, 0.2) is 5.11 Å². The van der Waals surface area contributed by atoms with Crippen LogP contribution >= 0.6 is 12.2 Å². The quantitative estimate of drug-likeness (QED) is 0.719. The zero-order valence-corrected chi connectivity index (χ0v) is 15.6. The number of carbonyl (C=O) groups excluding carboxylic acids is 1. The van der Waals surface area contributed by atoms with E-state index >= 15 is 0 Å². The number of hydrogen-bond donors (Lipinski definition) is 3. The molecule has 134 valence electrons. The molecule has 1 amide bonds. The van der Waals surface area contributed by atoms with Gasteiger partial charge in [0.25, 0.3) is 5.91 Å². The smallest absolute Gasteiger partial charge is 0.255 e. The summed E-state index contributed by atoms with van der Waals surface area (Å²) in [5.41, 5.74) is 4.95. The first-order chi connectivity index (χ1) is 12.3. The average molecular weight is 369 g/mol. The highest BCUT2D eigenvalue weighted by atomic mass is 32.1. The van der Waals surface area contributed by atoms with Gasteiger partial charge < -0.3 is 16.0 Å². The van der Waals surface area contributed by atoms with Gasteiger partial charge in [-0.15, -0.1) is 0 Å². The van der Waals surface area contributed by atoms with Gasteiger partial charge in [-0.2, -0.15) is 0 Å². The van der Waals surface area contributed by atoms with Gasteiger partial charge in [-0.1, -0.05) is 23.8 Å². The van der Waals surface area contributed by atoms with Crippen molar-refractivity contribution in [1.82, 2.24) is 10.6 Å². The molecule has 0 radical (unpaired) electrons. The zero-order chi connectivity index (χ0) is 18.8. The van der Waals surface area contributed by atoms with Crippen LogP contribution < -0.4 is 16.0 Å². The van der Waals surface area contributed by atoms with E-state index in [-0.39, 0.29) is 17.8 Å². The normalized spacial score (nSPS) is 16.8. The van der Waals surface area contributed by atoms with E-state index in [1.54, 1.807) is 0 Å². The molecule has 0 saturated heterocycles. The van der Waals surface area contributed by atoms with Gasteiger partial charge in [0.05, 0.1) is 11.6 Å². The van der Waals surface area contributed by atoms with Gasteiger partial charge in [0, 0.05) is 11.4 Å². The molecule has 0 fully saturated rings. The molecular formula is C20H20FN3OS.